The third-order valence-electron chi connectivity index (χ3n) is 6.07. The average molecular weight is 280 g/mol. The smallest absolute Gasteiger partial charge is 0.178 e. The summed E-state index contributed by atoms with van der Waals surface area (Å²) in [5.41, 5.74) is 4.21. The fraction of sp³-hybridized carbons (Fsp3) is 0.526. The van der Waals surface area contributed by atoms with Crippen molar-refractivity contribution in [3.8, 4) is 0 Å². The molecule has 0 heterocycles. The Morgan fingerprint density at radius 1 is 1.05 bits per heavy atom. The maximum atomic E-state index is 11.5. The first-order valence-electron chi connectivity index (χ1n) is 8.15. The van der Waals surface area contributed by atoms with Crippen LogP contribution in [0.1, 0.15) is 38.5 Å². The van der Waals surface area contributed by atoms with Crippen LogP contribution in [-0.4, -0.2) is 11.7 Å². The number of allylic oxidation sites excluding steroid dienone is 7. The predicted octanol–water partition coefficient (Wildman–Crippen LogP) is 3.58. The SMILES string of the molecule is O=C=C[C@@H]1CC[C@@H]2[C@@H]1CCC1=C3C=CC(=O)C=C3CC[C@H]12. The van der Waals surface area contributed by atoms with Crippen LogP contribution in [-0.2, 0) is 9.59 Å². The fourth-order valence-electron chi connectivity index (χ4n) is 5.24. The van der Waals surface area contributed by atoms with E-state index in [4.69, 9.17) is 0 Å². The van der Waals surface area contributed by atoms with Gasteiger partial charge in [0.05, 0.1) is 0 Å². The molecule has 2 saturated carbocycles. The Kier molecular flexibility index (Phi) is 3.08. The van der Waals surface area contributed by atoms with Crippen molar-refractivity contribution < 1.29 is 9.59 Å². The van der Waals surface area contributed by atoms with E-state index in [1.807, 2.05) is 12.0 Å². The second kappa shape index (κ2) is 4.96. The Morgan fingerprint density at radius 3 is 2.81 bits per heavy atom. The number of carbonyl (C=O) groups excluding carboxylic acids is 2. The van der Waals surface area contributed by atoms with Crippen LogP contribution in [0.3, 0.4) is 0 Å². The van der Waals surface area contributed by atoms with Crippen LogP contribution in [0.5, 0.6) is 0 Å². The average Bonchev–Trinajstić information content (AvgIpc) is 2.90. The monoisotopic (exact) mass is 280 g/mol. The molecule has 0 spiro atoms. The zero-order valence-electron chi connectivity index (χ0n) is 12.2. The number of hydrogen-bond acceptors (Lipinski definition) is 2. The highest BCUT2D eigenvalue weighted by molar-refractivity contribution is 6.02. The van der Waals surface area contributed by atoms with Crippen molar-refractivity contribution in [2.24, 2.45) is 23.7 Å². The van der Waals surface area contributed by atoms with Gasteiger partial charge in [0.1, 0.15) is 5.94 Å². The molecule has 4 aliphatic carbocycles. The highest BCUT2D eigenvalue weighted by Crippen LogP contribution is 2.55. The molecule has 21 heavy (non-hydrogen) atoms. The van der Waals surface area contributed by atoms with Crippen molar-refractivity contribution >= 4 is 11.7 Å². The van der Waals surface area contributed by atoms with Gasteiger partial charge < -0.3 is 0 Å². The first kappa shape index (κ1) is 13.0. The van der Waals surface area contributed by atoms with Gasteiger partial charge in [0.25, 0.3) is 0 Å². The van der Waals surface area contributed by atoms with Crippen LogP contribution in [0.2, 0.25) is 0 Å². The molecule has 0 amide bonds. The molecule has 0 aromatic rings. The number of carbonyl (C=O) groups is 1. The van der Waals surface area contributed by atoms with Gasteiger partial charge in [-0.2, -0.15) is 0 Å². The Bertz CT molecular complexity index is 628. The van der Waals surface area contributed by atoms with E-state index in [1.165, 1.54) is 30.4 Å². The topological polar surface area (TPSA) is 34.1 Å². The molecule has 2 heteroatoms. The van der Waals surface area contributed by atoms with Gasteiger partial charge in [0.2, 0.25) is 0 Å². The minimum Gasteiger partial charge on any atom is -0.290 e. The van der Waals surface area contributed by atoms with Gasteiger partial charge in [-0.05, 0) is 85.5 Å². The Morgan fingerprint density at radius 2 is 1.95 bits per heavy atom. The lowest BCUT2D eigenvalue weighted by atomic mass is 9.63. The minimum absolute atomic E-state index is 0.138. The Labute approximate surface area is 125 Å². The summed E-state index contributed by atoms with van der Waals surface area (Å²) in [5.74, 6) is 4.72. The lowest BCUT2D eigenvalue weighted by Crippen LogP contribution is -2.31. The molecule has 0 bridgehead atoms. The van der Waals surface area contributed by atoms with E-state index >= 15 is 0 Å². The summed E-state index contributed by atoms with van der Waals surface area (Å²) >= 11 is 0. The molecule has 0 N–H and O–H groups in total. The van der Waals surface area contributed by atoms with E-state index in [0.29, 0.717) is 17.8 Å². The largest absolute Gasteiger partial charge is 0.290 e. The second-order valence-corrected chi connectivity index (χ2v) is 6.88. The van der Waals surface area contributed by atoms with Crippen molar-refractivity contribution in [3.63, 3.8) is 0 Å². The van der Waals surface area contributed by atoms with Crippen molar-refractivity contribution in [3.05, 3.63) is 41.0 Å². The van der Waals surface area contributed by atoms with Crippen LogP contribution in [0.25, 0.3) is 0 Å². The van der Waals surface area contributed by atoms with Crippen LogP contribution < -0.4 is 0 Å². The van der Waals surface area contributed by atoms with Crippen LogP contribution >= 0.6 is 0 Å². The molecule has 4 rings (SSSR count). The molecule has 0 unspecified atom stereocenters. The van der Waals surface area contributed by atoms with E-state index in [0.717, 1.165) is 25.2 Å². The van der Waals surface area contributed by atoms with Crippen molar-refractivity contribution in [2.75, 3.05) is 0 Å². The van der Waals surface area contributed by atoms with Gasteiger partial charge >= 0.3 is 0 Å². The maximum Gasteiger partial charge on any atom is 0.178 e. The zero-order chi connectivity index (χ0) is 14.4. The summed E-state index contributed by atoms with van der Waals surface area (Å²) in [4.78, 5) is 22.2. The van der Waals surface area contributed by atoms with E-state index in [1.54, 1.807) is 17.7 Å². The summed E-state index contributed by atoms with van der Waals surface area (Å²) in [7, 11) is 0. The molecule has 0 radical (unpaired) electrons. The maximum absolute atomic E-state index is 11.5. The fourth-order valence-corrected chi connectivity index (χ4v) is 5.24. The molecule has 2 nitrogen and oxygen atoms in total. The van der Waals surface area contributed by atoms with Gasteiger partial charge in [-0.1, -0.05) is 11.6 Å². The quantitative estimate of drug-likeness (QED) is 0.688. The second-order valence-electron chi connectivity index (χ2n) is 6.88. The summed E-state index contributed by atoms with van der Waals surface area (Å²) in [6.07, 6.45) is 14.3. The normalized spacial score (nSPS) is 37.3. The van der Waals surface area contributed by atoms with Gasteiger partial charge in [-0.15, -0.1) is 0 Å². The van der Waals surface area contributed by atoms with Crippen molar-refractivity contribution in [1.29, 1.82) is 0 Å². The van der Waals surface area contributed by atoms with Gasteiger partial charge in [-0.3, -0.25) is 4.79 Å². The summed E-state index contributed by atoms with van der Waals surface area (Å²) in [5, 5.41) is 0. The summed E-state index contributed by atoms with van der Waals surface area (Å²) in [6.45, 7) is 0. The van der Waals surface area contributed by atoms with E-state index in [-0.39, 0.29) is 5.78 Å². The Hall–Kier alpha value is -1.66. The zero-order valence-corrected chi connectivity index (χ0v) is 12.2. The standard InChI is InChI=1S/C19H20O2/c20-10-9-12-1-4-17-15(12)7-8-18-16-6-3-14(21)11-13(16)2-5-19(17)18/h3,6,9,11-12,15,17,19H,1-2,4-5,7-8H2/t12-,15+,17+,19-/m0/s1. The van der Waals surface area contributed by atoms with Gasteiger partial charge in [0.15, 0.2) is 5.78 Å². The number of ketones is 1. The highest BCUT2D eigenvalue weighted by atomic mass is 16.1. The molecule has 0 aromatic carbocycles. The van der Waals surface area contributed by atoms with Crippen LogP contribution in [0.4, 0.5) is 0 Å². The molecule has 108 valence electrons. The molecular formula is C19H20O2. The third-order valence-corrected chi connectivity index (χ3v) is 6.07. The first-order chi connectivity index (χ1) is 10.3. The van der Waals surface area contributed by atoms with Crippen molar-refractivity contribution in [2.45, 2.75) is 38.5 Å². The van der Waals surface area contributed by atoms with Crippen molar-refractivity contribution in [1.82, 2.24) is 0 Å². The van der Waals surface area contributed by atoms with Crippen LogP contribution in [0.15, 0.2) is 41.0 Å². The molecule has 0 saturated heterocycles. The lowest BCUT2D eigenvalue weighted by molar-refractivity contribution is -0.110. The van der Waals surface area contributed by atoms with E-state index < -0.39 is 0 Å². The summed E-state index contributed by atoms with van der Waals surface area (Å²) < 4.78 is 0. The predicted molar refractivity (Wildman–Crippen MR) is 81.2 cm³/mol. The van der Waals surface area contributed by atoms with E-state index in [2.05, 4.69) is 6.08 Å². The number of hydrogen-bond donors (Lipinski definition) is 0. The van der Waals surface area contributed by atoms with Gasteiger partial charge in [-0.25, -0.2) is 4.79 Å². The molecule has 4 aliphatic rings. The minimum atomic E-state index is 0.138. The third kappa shape index (κ3) is 2.01. The first-order valence-corrected chi connectivity index (χ1v) is 8.15. The lowest BCUT2D eigenvalue weighted by Gasteiger charge is -2.42. The molecule has 0 aliphatic heterocycles. The number of fused-ring (bicyclic) bond motifs is 4. The Balaban J connectivity index is 1.68. The number of rotatable bonds is 1. The highest BCUT2D eigenvalue weighted by Gasteiger charge is 2.45. The molecular weight excluding hydrogens is 260 g/mol. The molecule has 0 aromatic heterocycles. The van der Waals surface area contributed by atoms with Crippen LogP contribution in [0, 0.1) is 23.7 Å². The van der Waals surface area contributed by atoms with E-state index in [9.17, 15) is 9.59 Å². The van der Waals surface area contributed by atoms with Gasteiger partial charge in [0, 0.05) is 6.08 Å². The molecule has 2 fully saturated rings. The summed E-state index contributed by atoms with van der Waals surface area (Å²) in [6, 6.07) is 0. The molecule has 4 atom stereocenters.